The third kappa shape index (κ3) is 2.00. The maximum absolute atomic E-state index is 13.5. The number of hydrogen-bond acceptors (Lipinski definition) is 2. The van der Waals surface area contributed by atoms with Crippen LogP contribution in [0, 0.1) is 12.7 Å². The summed E-state index contributed by atoms with van der Waals surface area (Å²) in [6.45, 7) is 1.89. The lowest BCUT2D eigenvalue weighted by atomic mass is 10.0. The predicted molar refractivity (Wildman–Crippen MR) is 81.3 cm³/mol. The monoisotopic (exact) mass is 286 g/mol. The Morgan fingerprint density at radius 3 is 2.55 bits per heavy atom. The van der Waals surface area contributed by atoms with E-state index in [-0.39, 0.29) is 5.02 Å². The van der Waals surface area contributed by atoms with E-state index in [0.29, 0.717) is 16.6 Å². The van der Waals surface area contributed by atoms with Crippen molar-refractivity contribution in [3.8, 4) is 11.3 Å². The fraction of sp³-hybridized carbons (Fsp3) is 0.0625. The number of pyridine rings is 1. The van der Waals surface area contributed by atoms with E-state index in [1.165, 1.54) is 12.1 Å². The van der Waals surface area contributed by atoms with E-state index in [1.807, 2.05) is 37.3 Å². The van der Waals surface area contributed by atoms with E-state index in [1.54, 1.807) is 0 Å². The van der Waals surface area contributed by atoms with Crippen molar-refractivity contribution in [2.75, 3.05) is 5.73 Å². The van der Waals surface area contributed by atoms with Gasteiger partial charge in [0.1, 0.15) is 5.82 Å². The van der Waals surface area contributed by atoms with Gasteiger partial charge in [-0.1, -0.05) is 41.9 Å². The number of rotatable bonds is 1. The molecule has 0 bridgehead atoms. The molecule has 0 radical (unpaired) electrons. The van der Waals surface area contributed by atoms with Crippen LogP contribution in [0.4, 0.5) is 10.1 Å². The molecule has 3 aromatic rings. The number of benzene rings is 2. The average Bonchev–Trinajstić information content (AvgIpc) is 2.43. The maximum Gasteiger partial charge on any atom is 0.126 e. The van der Waals surface area contributed by atoms with E-state index >= 15 is 0 Å². The number of aromatic nitrogens is 1. The van der Waals surface area contributed by atoms with Crippen LogP contribution in [0.15, 0.2) is 42.5 Å². The van der Waals surface area contributed by atoms with Gasteiger partial charge in [0, 0.05) is 22.7 Å². The molecule has 0 aliphatic carbocycles. The van der Waals surface area contributed by atoms with Gasteiger partial charge in [0.25, 0.3) is 0 Å². The molecular formula is C16H12ClFN2. The second kappa shape index (κ2) is 4.76. The van der Waals surface area contributed by atoms with Gasteiger partial charge in [0.05, 0.1) is 16.2 Å². The molecule has 4 heteroatoms. The molecule has 0 unspecified atom stereocenters. The second-order valence-corrected chi connectivity index (χ2v) is 5.05. The number of fused-ring (bicyclic) bond motifs is 1. The fourth-order valence-electron chi connectivity index (χ4n) is 2.31. The van der Waals surface area contributed by atoms with E-state index in [2.05, 4.69) is 4.98 Å². The zero-order valence-corrected chi connectivity index (χ0v) is 11.6. The third-order valence-electron chi connectivity index (χ3n) is 3.34. The molecule has 20 heavy (non-hydrogen) atoms. The first-order chi connectivity index (χ1) is 9.58. The van der Waals surface area contributed by atoms with Crippen molar-refractivity contribution in [3.05, 3.63) is 58.9 Å². The lowest BCUT2D eigenvalue weighted by Crippen LogP contribution is -1.99. The Morgan fingerprint density at radius 2 is 1.85 bits per heavy atom. The van der Waals surface area contributed by atoms with Crippen molar-refractivity contribution in [2.24, 2.45) is 0 Å². The van der Waals surface area contributed by atoms with Crippen molar-refractivity contribution in [1.82, 2.24) is 4.98 Å². The molecule has 0 fully saturated rings. The molecule has 0 saturated heterocycles. The van der Waals surface area contributed by atoms with Crippen LogP contribution in [0.5, 0.6) is 0 Å². The SMILES string of the molecule is Cc1c(-c2ccccc2)nc2cc(F)cc(Cl)c2c1N. The summed E-state index contributed by atoms with van der Waals surface area (Å²) in [5.41, 5.74) is 9.71. The maximum atomic E-state index is 13.5. The molecule has 0 atom stereocenters. The molecule has 0 spiro atoms. The molecule has 100 valence electrons. The minimum absolute atomic E-state index is 0.285. The van der Waals surface area contributed by atoms with Crippen molar-refractivity contribution in [1.29, 1.82) is 0 Å². The van der Waals surface area contributed by atoms with Gasteiger partial charge in [-0.3, -0.25) is 0 Å². The number of anilines is 1. The highest BCUT2D eigenvalue weighted by Crippen LogP contribution is 2.35. The normalized spacial score (nSPS) is 10.9. The number of halogens is 2. The number of nitrogens with two attached hydrogens (primary N) is 1. The summed E-state index contributed by atoms with van der Waals surface area (Å²) in [6.07, 6.45) is 0. The van der Waals surface area contributed by atoms with Gasteiger partial charge in [0.2, 0.25) is 0 Å². The Kier molecular flexibility index (Phi) is 3.07. The highest BCUT2D eigenvalue weighted by atomic mass is 35.5. The van der Waals surface area contributed by atoms with Crippen LogP contribution in [0.2, 0.25) is 5.02 Å². The molecule has 1 heterocycles. The smallest absolute Gasteiger partial charge is 0.126 e. The zero-order valence-electron chi connectivity index (χ0n) is 10.8. The topological polar surface area (TPSA) is 38.9 Å². The summed E-state index contributed by atoms with van der Waals surface area (Å²) < 4.78 is 13.5. The van der Waals surface area contributed by atoms with E-state index in [0.717, 1.165) is 16.8 Å². The van der Waals surface area contributed by atoms with Crippen LogP contribution in [0.1, 0.15) is 5.56 Å². The Labute approximate surface area is 121 Å². The fourth-order valence-corrected chi connectivity index (χ4v) is 2.61. The third-order valence-corrected chi connectivity index (χ3v) is 3.64. The van der Waals surface area contributed by atoms with Gasteiger partial charge >= 0.3 is 0 Å². The summed E-state index contributed by atoms with van der Waals surface area (Å²) in [6, 6.07) is 12.3. The largest absolute Gasteiger partial charge is 0.398 e. The van der Waals surface area contributed by atoms with Crippen molar-refractivity contribution < 1.29 is 4.39 Å². The molecule has 1 aromatic heterocycles. The average molecular weight is 287 g/mol. The Bertz CT molecular complexity index is 801. The molecule has 2 N–H and O–H groups in total. The molecule has 0 aliphatic rings. The van der Waals surface area contributed by atoms with Crippen molar-refractivity contribution >= 4 is 28.2 Å². The van der Waals surface area contributed by atoms with Gasteiger partial charge in [-0.25, -0.2) is 9.37 Å². The predicted octanol–water partition coefficient (Wildman–Crippen LogP) is 4.58. The van der Waals surface area contributed by atoms with Crippen LogP contribution in [-0.4, -0.2) is 4.98 Å². The number of nitrogen functional groups attached to an aromatic ring is 1. The Hall–Kier alpha value is -2.13. The van der Waals surface area contributed by atoms with Gasteiger partial charge in [0.15, 0.2) is 0 Å². The lowest BCUT2D eigenvalue weighted by molar-refractivity contribution is 0.629. The highest BCUT2D eigenvalue weighted by molar-refractivity contribution is 6.36. The van der Waals surface area contributed by atoms with Gasteiger partial charge in [-0.2, -0.15) is 0 Å². The van der Waals surface area contributed by atoms with Gasteiger partial charge in [-0.15, -0.1) is 0 Å². The molecule has 3 rings (SSSR count). The summed E-state index contributed by atoms with van der Waals surface area (Å²) in [4.78, 5) is 4.52. The molecule has 0 amide bonds. The highest BCUT2D eigenvalue weighted by Gasteiger charge is 2.14. The van der Waals surface area contributed by atoms with Crippen LogP contribution in [0.25, 0.3) is 22.2 Å². The van der Waals surface area contributed by atoms with Crippen LogP contribution < -0.4 is 5.73 Å². The minimum Gasteiger partial charge on any atom is -0.398 e. The second-order valence-electron chi connectivity index (χ2n) is 4.65. The number of hydrogen-bond donors (Lipinski definition) is 1. The van der Waals surface area contributed by atoms with Crippen LogP contribution in [-0.2, 0) is 0 Å². The summed E-state index contributed by atoms with van der Waals surface area (Å²) in [7, 11) is 0. The quantitative estimate of drug-likeness (QED) is 0.711. The lowest BCUT2D eigenvalue weighted by Gasteiger charge is -2.12. The molecule has 2 aromatic carbocycles. The van der Waals surface area contributed by atoms with Crippen molar-refractivity contribution in [2.45, 2.75) is 6.92 Å². The molecular weight excluding hydrogens is 275 g/mol. The molecule has 2 nitrogen and oxygen atoms in total. The standard InChI is InChI=1S/C16H12ClFN2/c1-9-15(19)14-12(17)7-11(18)8-13(14)20-16(9)10-5-3-2-4-6-10/h2-8H,1H3,(H2,19,20). The summed E-state index contributed by atoms with van der Waals surface area (Å²) in [5.74, 6) is -0.419. The zero-order chi connectivity index (χ0) is 14.3. The Balaban J connectivity index is 2.39. The first kappa shape index (κ1) is 12.9. The molecule has 0 saturated carbocycles. The first-order valence-electron chi connectivity index (χ1n) is 6.18. The van der Waals surface area contributed by atoms with E-state index < -0.39 is 5.82 Å². The van der Waals surface area contributed by atoms with E-state index in [4.69, 9.17) is 17.3 Å². The Morgan fingerprint density at radius 1 is 1.15 bits per heavy atom. The molecule has 0 aliphatic heterocycles. The van der Waals surface area contributed by atoms with Gasteiger partial charge < -0.3 is 5.73 Å². The van der Waals surface area contributed by atoms with E-state index in [9.17, 15) is 4.39 Å². The van der Waals surface area contributed by atoms with Gasteiger partial charge in [-0.05, 0) is 18.6 Å². The number of nitrogens with zero attached hydrogens (tertiary/aromatic N) is 1. The summed E-state index contributed by atoms with van der Waals surface area (Å²) in [5, 5.41) is 0.887. The van der Waals surface area contributed by atoms with Crippen LogP contribution in [0.3, 0.4) is 0 Å². The van der Waals surface area contributed by atoms with Crippen LogP contribution >= 0.6 is 11.6 Å². The first-order valence-corrected chi connectivity index (χ1v) is 6.56. The summed E-state index contributed by atoms with van der Waals surface area (Å²) >= 11 is 6.08. The minimum atomic E-state index is -0.419. The van der Waals surface area contributed by atoms with Crippen molar-refractivity contribution in [3.63, 3.8) is 0 Å².